The number of aromatic nitrogens is 1. The number of halogens is 1. The summed E-state index contributed by atoms with van der Waals surface area (Å²) in [7, 11) is 2.11. The highest BCUT2D eigenvalue weighted by molar-refractivity contribution is 9.10. The van der Waals surface area contributed by atoms with Gasteiger partial charge in [0.25, 0.3) is 0 Å². The van der Waals surface area contributed by atoms with Gasteiger partial charge >= 0.3 is 0 Å². The number of hydrogen-bond acceptors (Lipinski definition) is 1. The maximum Gasteiger partial charge on any atom is 0.0492 e. The Morgan fingerprint density at radius 2 is 2.20 bits per heavy atom. The van der Waals surface area contributed by atoms with Gasteiger partial charge in [-0.15, -0.1) is 0 Å². The van der Waals surface area contributed by atoms with Crippen LogP contribution in [0, 0.1) is 0 Å². The fourth-order valence-electron chi connectivity index (χ4n) is 1.77. The average Bonchev–Trinajstić information content (AvgIpc) is 2.53. The Labute approximate surface area is 103 Å². The molecule has 1 aromatic heterocycles. The molecule has 0 fully saturated rings. The largest absolute Gasteiger partial charge is 0.350 e. The van der Waals surface area contributed by atoms with Crippen LogP contribution >= 0.6 is 27.7 Å². The molecule has 1 heterocycles. The van der Waals surface area contributed by atoms with E-state index in [9.17, 15) is 0 Å². The Morgan fingerprint density at radius 3 is 2.93 bits per heavy atom. The van der Waals surface area contributed by atoms with E-state index in [-0.39, 0.29) is 0 Å². The van der Waals surface area contributed by atoms with Gasteiger partial charge in [-0.3, -0.25) is 0 Å². The maximum atomic E-state index is 3.51. The summed E-state index contributed by atoms with van der Waals surface area (Å²) >= 11 is 5.48. The van der Waals surface area contributed by atoms with E-state index in [4.69, 9.17) is 0 Å². The van der Waals surface area contributed by atoms with Crippen LogP contribution in [0.3, 0.4) is 0 Å². The normalized spacial score (nSPS) is 11.1. The number of aryl methyl sites for hydroxylation is 1. The van der Waals surface area contributed by atoms with Gasteiger partial charge in [-0.25, -0.2) is 0 Å². The van der Waals surface area contributed by atoms with Crippen molar-refractivity contribution >= 4 is 38.6 Å². The molecule has 2 aromatic rings. The van der Waals surface area contributed by atoms with Crippen LogP contribution < -0.4 is 0 Å². The van der Waals surface area contributed by atoms with Crippen molar-refractivity contribution in [2.45, 2.75) is 12.7 Å². The Kier molecular flexibility index (Phi) is 3.42. The van der Waals surface area contributed by atoms with Crippen molar-refractivity contribution in [1.82, 2.24) is 4.57 Å². The molecule has 0 bridgehead atoms. The Hall–Kier alpha value is -0.410. The summed E-state index contributed by atoms with van der Waals surface area (Å²) in [5.74, 6) is 2.28. The standard InChI is InChI=1S/C12H14BrNS/c1-3-15-8-9-7-14(2)12-6-10(13)4-5-11(9)12/h4-7H,3,8H2,1-2H3. The molecule has 0 radical (unpaired) electrons. The summed E-state index contributed by atoms with van der Waals surface area (Å²) < 4.78 is 3.34. The van der Waals surface area contributed by atoms with E-state index in [2.05, 4.69) is 58.9 Å². The molecule has 0 aliphatic heterocycles. The second-order valence-electron chi connectivity index (χ2n) is 3.56. The highest BCUT2D eigenvalue weighted by Gasteiger charge is 2.06. The first-order valence-corrected chi connectivity index (χ1v) is 6.98. The van der Waals surface area contributed by atoms with Crippen LogP contribution in [0.15, 0.2) is 28.9 Å². The van der Waals surface area contributed by atoms with Gasteiger partial charge in [0, 0.05) is 34.4 Å². The monoisotopic (exact) mass is 283 g/mol. The van der Waals surface area contributed by atoms with E-state index >= 15 is 0 Å². The molecular weight excluding hydrogens is 270 g/mol. The van der Waals surface area contributed by atoms with Crippen LogP contribution in [0.1, 0.15) is 12.5 Å². The van der Waals surface area contributed by atoms with Gasteiger partial charge in [-0.1, -0.05) is 28.9 Å². The summed E-state index contributed by atoms with van der Waals surface area (Å²) in [6.45, 7) is 2.20. The molecule has 0 unspecified atom stereocenters. The molecule has 0 aliphatic rings. The summed E-state index contributed by atoms with van der Waals surface area (Å²) in [5, 5.41) is 1.38. The highest BCUT2D eigenvalue weighted by Crippen LogP contribution is 2.26. The van der Waals surface area contributed by atoms with Crippen molar-refractivity contribution in [3.63, 3.8) is 0 Å². The zero-order chi connectivity index (χ0) is 10.8. The van der Waals surface area contributed by atoms with Crippen LogP contribution in [-0.4, -0.2) is 10.3 Å². The van der Waals surface area contributed by atoms with Crippen molar-refractivity contribution < 1.29 is 0 Å². The number of rotatable bonds is 3. The van der Waals surface area contributed by atoms with Gasteiger partial charge in [0.05, 0.1) is 0 Å². The smallest absolute Gasteiger partial charge is 0.0492 e. The number of thioether (sulfide) groups is 1. The number of nitrogens with zero attached hydrogens (tertiary/aromatic N) is 1. The van der Waals surface area contributed by atoms with E-state index in [1.807, 2.05) is 11.8 Å². The second-order valence-corrected chi connectivity index (χ2v) is 5.75. The van der Waals surface area contributed by atoms with Crippen LogP contribution in [0.25, 0.3) is 10.9 Å². The molecule has 80 valence electrons. The van der Waals surface area contributed by atoms with Crippen molar-refractivity contribution in [3.05, 3.63) is 34.4 Å². The third-order valence-electron chi connectivity index (χ3n) is 2.50. The minimum absolute atomic E-state index is 1.11. The molecule has 0 saturated heterocycles. The first-order valence-electron chi connectivity index (χ1n) is 5.03. The minimum Gasteiger partial charge on any atom is -0.350 e. The molecule has 2 rings (SSSR count). The summed E-state index contributed by atoms with van der Waals surface area (Å²) in [6, 6.07) is 6.49. The minimum atomic E-state index is 1.11. The Bertz CT molecular complexity index is 476. The second kappa shape index (κ2) is 4.62. The van der Waals surface area contributed by atoms with E-state index in [0.717, 1.165) is 10.2 Å². The fraction of sp³-hybridized carbons (Fsp3) is 0.333. The van der Waals surface area contributed by atoms with E-state index in [0.29, 0.717) is 0 Å². The number of hydrogen-bond donors (Lipinski definition) is 0. The quantitative estimate of drug-likeness (QED) is 0.818. The Morgan fingerprint density at radius 1 is 1.40 bits per heavy atom. The van der Waals surface area contributed by atoms with E-state index < -0.39 is 0 Å². The van der Waals surface area contributed by atoms with Crippen molar-refractivity contribution in [2.24, 2.45) is 7.05 Å². The predicted molar refractivity (Wildman–Crippen MR) is 72.5 cm³/mol. The molecule has 3 heteroatoms. The van der Waals surface area contributed by atoms with Crippen LogP contribution in [0.2, 0.25) is 0 Å². The lowest BCUT2D eigenvalue weighted by atomic mass is 10.2. The third-order valence-corrected chi connectivity index (χ3v) is 3.91. The van der Waals surface area contributed by atoms with Gasteiger partial charge in [0.15, 0.2) is 0 Å². The van der Waals surface area contributed by atoms with Gasteiger partial charge in [-0.2, -0.15) is 11.8 Å². The van der Waals surface area contributed by atoms with Crippen LogP contribution in [0.5, 0.6) is 0 Å². The first kappa shape index (κ1) is 11.1. The van der Waals surface area contributed by atoms with Crippen LogP contribution in [-0.2, 0) is 12.8 Å². The lowest BCUT2D eigenvalue weighted by molar-refractivity contribution is 0.962. The van der Waals surface area contributed by atoms with Gasteiger partial charge < -0.3 is 4.57 Å². The molecule has 15 heavy (non-hydrogen) atoms. The predicted octanol–water partition coefficient (Wildman–Crippen LogP) is 4.19. The van der Waals surface area contributed by atoms with E-state index in [1.165, 1.54) is 22.2 Å². The Balaban J connectivity index is 2.48. The summed E-state index contributed by atoms with van der Waals surface area (Å²) in [6.07, 6.45) is 2.24. The molecule has 1 aromatic carbocycles. The molecule has 0 atom stereocenters. The third kappa shape index (κ3) is 2.23. The molecular formula is C12H14BrNS. The number of benzene rings is 1. The SMILES string of the molecule is CCSCc1cn(C)c2cc(Br)ccc12. The first-order chi connectivity index (χ1) is 7.22. The lowest BCUT2D eigenvalue weighted by Gasteiger charge is -1.97. The molecule has 0 N–H and O–H groups in total. The topological polar surface area (TPSA) is 4.93 Å². The summed E-state index contributed by atoms with van der Waals surface area (Å²) in [4.78, 5) is 0. The zero-order valence-electron chi connectivity index (χ0n) is 8.96. The fourth-order valence-corrected chi connectivity index (χ4v) is 2.77. The molecule has 0 saturated carbocycles. The highest BCUT2D eigenvalue weighted by atomic mass is 79.9. The van der Waals surface area contributed by atoms with Crippen LogP contribution in [0.4, 0.5) is 0 Å². The van der Waals surface area contributed by atoms with E-state index in [1.54, 1.807) is 0 Å². The zero-order valence-corrected chi connectivity index (χ0v) is 11.4. The molecule has 1 nitrogen and oxygen atoms in total. The maximum absolute atomic E-state index is 3.51. The van der Waals surface area contributed by atoms with Crippen molar-refractivity contribution in [2.75, 3.05) is 5.75 Å². The average molecular weight is 284 g/mol. The summed E-state index contributed by atoms with van der Waals surface area (Å²) in [5.41, 5.74) is 2.74. The van der Waals surface area contributed by atoms with Crippen molar-refractivity contribution in [1.29, 1.82) is 0 Å². The van der Waals surface area contributed by atoms with Gasteiger partial charge in [0.2, 0.25) is 0 Å². The van der Waals surface area contributed by atoms with Gasteiger partial charge in [-0.05, 0) is 23.4 Å². The molecule has 0 aliphatic carbocycles. The number of fused-ring (bicyclic) bond motifs is 1. The molecule has 0 spiro atoms. The molecule has 0 amide bonds. The van der Waals surface area contributed by atoms with Crippen molar-refractivity contribution in [3.8, 4) is 0 Å². The van der Waals surface area contributed by atoms with Gasteiger partial charge in [0.1, 0.15) is 0 Å². The lowest BCUT2D eigenvalue weighted by Crippen LogP contribution is -1.82.